The van der Waals surface area contributed by atoms with Crippen molar-refractivity contribution in [2.45, 2.75) is 57.8 Å². The standard InChI is InChI=1S/C18H30N2O2S/c1-13-9-16(18(3,4)5)10-14(2)17(13)23(21,22)20-12-15-7-6-8-19-11-15/h9-10,15,19-20H,6-8,11-12H2,1-5H3. The Bertz CT molecular complexity index is 631. The second kappa shape index (κ2) is 6.91. The summed E-state index contributed by atoms with van der Waals surface area (Å²) in [6.45, 7) is 12.6. The van der Waals surface area contributed by atoms with Crippen LogP contribution in [0.3, 0.4) is 0 Å². The molecule has 1 aromatic carbocycles. The van der Waals surface area contributed by atoms with E-state index in [0.29, 0.717) is 17.4 Å². The van der Waals surface area contributed by atoms with E-state index in [-0.39, 0.29) is 5.41 Å². The Morgan fingerprint density at radius 1 is 1.22 bits per heavy atom. The maximum Gasteiger partial charge on any atom is 0.241 e. The number of rotatable bonds is 4. The Labute approximate surface area is 141 Å². The van der Waals surface area contributed by atoms with Crippen LogP contribution < -0.4 is 10.0 Å². The summed E-state index contributed by atoms with van der Waals surface area (Å²) in [7, 11) is -3.46. The zero-order valence-corrected chi connectivity index (χ0v) is 15.8. The quantitative estimate of drug-likeness (QED) is 0.887. The molecule has 1 saturated heterocycles. The molecule has 4 nitrogen and oxygen atoms in total. The topological polar surface area (TPSA) is 58.2 Å². The fourth-order valence-corrected chi connectivity index (χ4v) is 4.77. The second-order valence-corrected chi connectivity index (χ2v) is 9.46. The molecular formula is C18H30N2O2S. The lowest BCUT2D eigenvalue weighted by atomic mass is 9.85. The molecule has 23 heavy (non-hydrogen) atoms. The average Bonchev–Trinajstić information content (AvgIpc) is 2.44. The van der Waals surface area contributed by atoms with E-state index < -0.39 is 10.0 Å². The van der Waals surface area contributed by atoms with Crippen molar-refractivity contribution in [2.75, 3.05) is 19.6 Å². The van der Waals surface area contributed by atoms with Crippen molar-refractivity contribution in [1.29, 1.82) is 0 Å². The highest BCUT2D eigenvalue weighted by molar-refractivity contribution is 7.89. The molecule has 1 atom stereocenters. The molecule has 1 heterocycles. The van der Waals surface area contributed by atoms with Crippen molar-refractivity contribution in [1.82, 2.24) is 10.0 Å². The van der Waals surface area contributed by atoms with Gasteiger partial charge in [-0.05, 0) is 67.8 Å². The molecule has 2 rings (SSSR count). The summed E-state index contributed by atoms with van der Waals surface area (Å²) < 4.78 is 28.3. The number of nitrogens with one attached hydrogen (secondary N) is 2. The lowest BCUT2D eigenvalue weighted by Gasteiger charge is -2.24. The maximum absolute atomic E-state index is 12.7. The van der Waals surface area contributed by atoms with Crippen LogP contribution in [0.5, 0.6) is 0 Å². The van der Waals surface area contributed by atoms with Crippen molar-refractivity contribution >= 4 is 10.0 Å². The Hall–Kier alpha value is -0.910. The number of hydrogen-bond donors (Lipinski definition) is 2. The van der Waals surface area contributed by atoms with Crippen molar-refractivity contribution in [3.8, 4) is 0 Å². The van der Waals surface area contributed by atoms with Crippen molar-refractivity contribution in [3.63, 3.8) is 0 Å². The van der Waals surface area contributed by atoms with Gasteiger partial charge in [0, 0.05) is 6.54 Å². The average molecular weight is 339 g/mol. The Balaban J connectivity index is 2.22. The smallest absolute Gasteiger partial charge is 0.241 e. The van der Waals surface area contributed by atoms with Crippen molar-refractivity contribution in [2.24, 2.45) is 5.92 Å². The van der Waals surface area contributed by atoms with E-state index in [1.165, 1.54) is 5.56 Å². The lowest BCUT2D eigenvalue weighted by Crippen LogP contribution is -2.38. The molecule has 0 spiro atoms. The fourth-order valence-electron chi connectivity index (χ4n) is 3.21. The highest BCUT2D eigenvalue weighted by atomic mass is 32.2. The molecular weight excluding hydrogens is 308 g/mol. The Morgan fingerprint density at radius 2 is 1.83 bits per heavy atom. The molecule has 0 amide bonds. The highest BCUT2D eigenvalue weighted by Gasteiger charge is 2.24. The van der Waals surface area contributed by atoms with Crippen LogP contribution in [0, 0.1) is 19.8 Å². The zero-order chi connectivity index (χ0) is 17.3. The van der Waals surface area contributed by atoms with E-state index in [4.69, 9.17) is 0 Å². The molecule has 1 aliphatic rings. The van der Waals surface area contributed by atoms with E-state index >= 15 is 0 Å². The van der Waals surface area contributed by atoms with E-state index in [1.807, 2.05) is 26.0 Å². The van der Waals surface area contributed by atoms with E-state index in [1.54, 1.807) is 0 Å². The summed E-state index contributed by atoms with van der Waals surface area (Å²) in [5, 5.41) is 3.32. The third-order valence-corrected chi connectivity index (χ3v) is 6.28. The van der Waals surface area contributed by atoms with Crippen LogP contribution in [0.25, 0.3) is 0 Å². The maximum atomic E-state index is 12.7. The van der Waals surface area contributed by atoms with Gasteiger partial charge in [0.25, 0.3) is 0 Å². The van der Waals surface area contributed by atoms with Gasteiger partial charge >= 0.3 is 0 Å². The van der Waals surface area contributed by atoms with Crippen LogP contribution in [0.2, 0.25) is 0 Å². The molecule has 5 heteroatoms. The first-order valence-electron chi connectivity index (χ1n) is 8.43. The Kier molecular flexibility index (Phi) is 5.54. The predicted octanol–water partition coefficient (Wildman–Crippen LogP) is 2.88. The van der Waals surface area contributed by atoms with Crippen molar-refractivity contribution < 1.29 is 8.42 Å². The van der Waals surface area contributed by atoms with Crippen LogP contribution in [0.4, 0.5) is 0 Å². The van der Waals surface area contributed by atoms with E-state index in [0.717, 1.165) is 37.1 Å². The summed E-state index contributed by atoms with van der Waals surface area (Å²) in [4.78, 5) is 0.439. The molecule has 0 aliphatic carbocycles. The Morgan fingerprint density at radius 3 is 2.30 bits per heavy atom. The molecule has 0 aromatic heterocycles. The van der Waals surface area contributed by atoms with Gasteiger partial charge in [-0.1, -0.05) is 32.9 Å². The fraction of sp³-hybridized carbons (Fsp3) is 0.667. The van der Waals surface area contributed by atoms with Gasteiger partial charge in [-0.25, -0.2) is 13.1 Å². The van der Waals surface area contributed by atoms with Gasteiger partial charge in [0.05, 0.1) is 4.90 Å². The number of piperidine rings is 1. The molecule has 1 unspecified atom stereocenters. The van der Waals surface area contributed by atoms with Gasteiger partial charge in [0.1, 0.15) is 0 Å². The SMILES string of the molecule is Cc1cc(C(C)(C)C)cc(C)c1S(=O)(=O)NCC1CCCNC1. The summed E-state index contributed by atoms with van der Waals surface area (Å²) >= 11 is 0. The van der Waals surface area contributed by atoms with E-state index in [9.17, 15) is 8.42 Å². The van der Waals surface area contributed by atoms with Gasteiger partial charge in [-0.3, -0.25) is 0 Å². The first kappa shape index (κ1) is 18.4. The zero-order valence-electron chi connectivity index (χ0n) is 15.0. The molecule has 0 radical (unpaired) electrons. The summed E-state index contributed by atoms with van der Waals surface area (Å²) in [5.41, 5.74) is 2.83. The van der Waals surface area contributed by atoms with Crippen LogP contribution in [0.1, 0.15) is 50.3 Å². The van der Waals surface area contributed by atoms with Crippen LogP contribution in [0.15, 0.2) is 17.0 Å². The third kappa shape index (κ3) is 4.55. The van der Waals surface area contributed by atoms with Crippen molar-refractivity contribution in [3.05, 3.63) is 28.8 Å². The summed E-state index contributed by atoms with van der Waals surface area (Å²) in [5.74, 6) is 0.382. The van der Waals surface area contributed by atoms with Crippen LogP contribution >= 0.6 is 0 Å². The third-order valence-electron chi connectivity index (χ3n) is 4.56. The molecule has 1 aliphatic heterocycles. The first-order chi connectivity index (χ1) is 10.6. The van der Waals surface area contributed by atoms with Crippen LogP contribution in [-0.2, 0) is 15.4 Å². The molecule has 0 bridgehead atoms. The number of aryl methyl sites for hydroxylation is 2. The van der Waals surface area contributed by atoms with E-state index in [2.05, 4.69) is 30.8 Å². The second-order valence-electron chi connectivity index (χ2n) is 7.75. The normalized spacial score (nSPS) is 19.8. The predicted molar refractivity (Wildman–Crippen MR) is 95.4 cm³/mol. The molecule has 2 N–H and O–H groups in total. The molecule has 130 valence electrons. The summed E-state index contributed by atoms with van der Waals surface area (Å²) in [6.07, 6.45) is 2.20. The van der Waals surface area contributed by atoms with Gasteiger partial charge in [0.15, 0.2) is 0 Å². The number of hydrogen-bond acceptors (Lipinski definition) is 3. The van der Waals surface area contributed by atoms with Gasteiger partial charge in [-0.15, -0.1) is 0 Å². The molecule has 0 saturated carbocycles. The minimum Gasteiger partial charge on any atom is -0.316 e. The van der Waals surface area contributed by atoms with Gasteiger partial charge in [-0.2, -0.15) is 0 Å². The summed E-state index contributed by atoms with van der Waals surface area (Å²) in [6, 6.07) is 4.01. The number of sulfonamides is 1. The van der Waals surface area contributed by atoms with Crippen LogP contribution in [-0.4, -0.2) is 28.1 Å². The number of benzene rings is 1. The first-order valence-corrected chi connectivity index (χ1v) is 9.91. The van der Waals surface area contributed by atoms with Gasteiger partial charge < -0.3 is 5.32 Å². The minimum atomic E-state index is -3.46. The lowest BCUT2D eigenvalue weighted by molar-refractivity contribution is 0.376. The molecule has 1 aromatic rings. The highest BCUT2D eigenvalue weighted by Crippen LogP contribution is 2.29. The largest absolute Gasteiger partial charge is 0.316 e. The minimum absolute atomic E-state index is 0.0129. The monoisotopic (exact) mass is 338 g/mol. The molecule has 1 fully saturated rings. The van der Waals surface area contributed by atoms with Gasteiger partial charge in [0.2, 0.25) is 10.0 Å².